The Morgan fingerprint density at radius 1 is 1.40 bits per heavy atom. The highest BCUT2D eigenvalue weighted by Gasteiger charge is 2.22. The zero-order valence-electron chi connectivity index (χ0n) is 11.8. The lowest BCUT2D eigenvalue weighted by atomic mass is 10.2. The van der Waals surface area contributed by atoms with E-state index >= 15 is 0 Å². The van der Waals surface area contributed by atoms with Gasteiger partial charge in [0.05, 0.1) is 17.6 Å². The fourth-order valence-corrected chi connectivity index (χ4v) is 3.17. The number of ether oxygens (including phenoxy) is 1. The molecule has 1 aromatic carbocycles. The summed E-state index contributed by atoms with van der Waals surface area (Å²) in [5.74, 6) is -0.663. The van der Waals surface area contributed by atoms with Crippen molar-refractivity contribution in [2.45, 2.75) is 23.5 Å². The smallest absolute Gasteiger partial charge is 0.339 e. The summed E-state index contributed by atoms with van der Waals surface area (Å²) in [5.41, 5.74) is 0.0421. The number of thioether (sulfide) groups is 1. The first-order valence-electron chi connectivity index (χ1n) is 6.12. The molecule has 0 amide bonds. The van der Waals surface area contributed by atoms with Gasteiger partial charge in [0, 0.05) is 11.8 Å². The summed E-state index contributed by atoms with van der Waals surface area (Å²) in [4.78, 5) is 11.5. The van der Waals surface area contributed by atoms with Gasteiger partial charge in [-0.05, 0) is 24.8 Å². The molecule has 1 N–H and O–H groups in total. The summed E-state index contributed by atoms with van der Waals surface area (Å²) in [6.45, 7) is 2.36. The number of rotatable bonds is 7. The summed E-state index contributed by atoms with van der Waals surface area (Å²) in [6.07, 6.45) is 2.70. The van der Waals surface area contributed by atoms with Gasteiger partial charge in [-0.3, -0.25) is 0 Å². The molecule has 0 radical (unpaired) electrons. The summed E-state index contributed by atoms with van der Waals surface area (Å²) < 4.78 is 31.5. The van der Waals surface area contributed by atoms with Gasteiger partial charge in [-0.15, -0.1) is 0 Å². The van der Waals surface area contributed by atoms with E-state index in [4.69, 9.17) is 0 Å². The lowest BCUT2D eigenvalue weighted by Crippen LogP contribution is -2.28. The zero-order chi connectivity index (χ0) is 15.2. The number of esters is 1. The van der Waals surface area contributed by atoms with Crippen LogP contribution in [0.4, 0.5) is 0 Å². The lowest BCUT2D eigenvalue weighted by molar-refractivity contribution is 0.0596. The van der Waals surface area contributed by atoms with Gasteiger partial charge in [-0.2, -0.15) is 11.8 Å². The minimum absolute atomic E-state index is 0.0421. The van der Waals surface area contributed by atoms with E-state index in [1.165, 1.54) is 19.2 Å². The van der Waals surface area contributed by atoms with E-state index in [0.717, 1.165) is 6.42 Å². The van der Waals surface area contributed by atoms with Crippen molar-refractivity contribution in [1.29, 1.82) is 0 Å². The van der Waals surface area contributed by atoms with Crippen LogP contribution in [0, 0.1) is 0 Å². The molecule has 0 saturated carbocycles. The largest absolute Gasteiger partial charge is 0.465 e. The quantitative estimate of drug-likeness (QED) is 0.778. The Bertz CT molecular complexity index is 557. The van der Waals surface area contributed by atoms with Crippen molar-refractivity contribution >= 4 is 27.8 Å². The third-order valence-corrected chi connectivity index (χ3v) is 5.39. The Kier molecular flexibility index (Phi) is 6.51. The highest BCUT2D eigenvalue weighted by atomic mass is 32.2. The summed E-state index contributed by atoms with van der Waals surface area (Å²) in [7, 11) is -2.49. The first-order valence-corrected chi connectivity index (χ1v) is 8.89. The second kappa shape index (κ2) is 7.66. The van der Waals surface area contributed by atoms with E-state index in [0.29, 0.717) is 11.8 Å². The molecule has 0 aliphatic carbocycles. The van der Waals surface area contributed by atoms with Crippen LogP contribution in [-0.4, -0.2) is 39.5 Å². The van der Waals surface area contributed by atoms with Crippen molar-refractivity contribution in [3.05, 3.63) is 29.8 Å². The van der Waals surface area contributed by atoms with Crippen LogP contribution in [0.3, 0.4) is 0 Å². The Hall–Kier alpha value is -1.05. The first-order chi connectivity index (χ1) is 9.42. The molecule has 0 aliphatic heterocycles. The second-order valence-corrected chi connectivity index (χ2v) is 7.23. The number of carbonyl (C=O) groups excluding carboxylic acids is 1. The molecular weight excluding hydrogens is 298 g/mol. The standard InChI is InChI=1S/C13H19NO4S2/c1-10(19-3)8-9-14-20(16,17)12-7-5-4-6-11(12)13(15)18-2/h4-7,10,14H,8-9H2,1-3H3. The average Bonchev–Trinajstić information content (AvgIpc) is 2.46. The number of benzene rings is 1. The zero-order valence-corrected chi connectivity index (χ0v) is 13.4. The van der Waals surface area contributed by atoms with Gasteiger partial charge >= 0.3 is 5.97 Å². The number of hydrogen-bond donors (Lipinski definition) is 1. The molecule has 0 aromatic heterocycles. The van der Waals surface area contributed by atoms with E-state index in [9.17, 15) is 13.2 Å². The van der Waals surface area contributed by atoms with Crippen LogP contribution in [0.5, 0.6) is 0 Å². The van der Waals surface area contributed by atoms with E-state index in [1.54, 1.807) is 23.9 Å². The normalized spacial score (nSPS) is 12.9. The van der Waals surface area contributed by atoms with Crippen molar-refractivity contribution in [1.82, 2.24) is 4.72 Å². The fraction of sp³-hybridized carbons (Fsp3) is 0.462. The van der Waals surface area contributed by atoms with Gasteiger partial charge in [0.15, 0.2) is 0 Å². The number of nitrogens with one attached hydrogen (secondary N) is 1. The van der Waals surface area contributed by atoms with Gasteiger partial charge in [0.1, 0.15) is 0 Å². The van der Waals surface area contributed by atoms with Gasteiger partial charge in [-0.1, -0.05) is 19.1 Å². The van der Waals surface area contributed by atoms with Crippen molar-refractivity contribution in [3.8, 4) is 0 Å². The molecule has 0 saturated heterocycles. The highest BCUT2D eigenvalue weighted by Crippen LogP contribution is 2.16. The number of carbonyl (C=O) groups is 1. The summed E-state index contributed by atoms with van der Waals surface area (Å²) >= 11 is 1.67. The molecule has 1 aromatic rings. The number of sulfonamides is 1. The van der Waals surface area contributed by atoms with Crippen molar-refractivity contribution in [2.75, 3.05) is 19.9 Å². The maximum absolute atomic E-state index is 12.2. The molecule has 0 aliphatic rings. The van der Waals surface area contributed by atoms with Crippen LogP contribution in [0.1, 0.15) is 23.7 Å². The molecule has 1 atom stereocenters. The molecule has 5 nitrogen and oxygen atoms in total. The van der Waals surface area contributed by atoms with Gasteiger partial charge in [0.25, 0.3) is 0 Å². The monoisotopic (exact) mass is 317 g/mol. The van der Waals surface area contributed by atoms with Crippen molar-refractivity contribution < 1.29 is 17.9 Å². The predicted molar refractivity (Wildman–Crippen MR) is 80.6 cm³/mol. The third kappa shape index (κ3) is 4.50. The lowest BCUT2D eigenvalue weighted by Gasteiger charge is -2.12. The maximum Gasteiger partial charge on any atom is 0.339 e. The van der Waals surface area contributed by atoms with Crippen LogP contribution in [0.15, 0.2) is 29.2 Å². The minimum Gasteiger partial charge on any atom is -0.465 e. The van der Waals surface area contributed by atoms with E-state index < -0.39 is 16.0 Å². The highest BCUT2D eigenvalue weighted by molar-refractivity contribution is 7.99. The van der Waals surface area contributed by atoms with Gasteiger partial charge < -0.3 is 4.74 Å². The summed E-state index contributed by atoms with van der Waals surface area (Å²) in [6, 6.07) is 6.00. The topological polar surface area (TPSA) is 72.5 Å². The molecule has 0 spiro atoms. The Balaban J connectivity index is 2.90. The average molecular weight is 317 g/mol. The minimum atomic E-state index is -3.71. The Morgan fingerprint density at radius 3 is 2.65 bits per heavy atom. The Morgan fingerprint density at radius 2 is 2.05 bits per heavy atom. The number of methoxy groups -OCH3 is 1. The SMILES string of the molecule is COC(=O)c1ccccc1S(=O)(=O)NCCC(C)SC. The van der Waals surface area contributed by atoms with Crippen LogP contribution < -0.4 is 4.72 Å². The van der Waals surface area contributed by atoms with Gasteiger partial charge in [-0.25, -0.2) is 17.9 Å². The van der Waals surface area contributed by atoms with E-state index in [1.807, 2.05) is 13.2 Å². The van der Waals surface area contributed by atoms with Crippen LogP contribution in [0.25, 0.3) is 0 Å². The second-order valence-electron chi connectivity index (χ2n) is 4.22. The van der Waals surface area contributed by atoms with Crippen LogP contribution in [-0.2, 0) is 14.8 Å². The first kappa shape index (κ1) is 17.0. The third-order valence-electron chi connectivity index (χ3n) is 2.83. The van der Waals surface area contributed by atoms with E-state index in [-0.39, 0.29) is 10.5 Å². The fourth-order valence-electron chi connectivity index (χ4n) is 1.57. The van der Waals surface area contributed by atoms with Crippen molar-refractivity contribution in [3.63, 3.8) is 0 Å². The van der Waals surface area contributed by atoms with Crippen LogP contribution in [0.2, 0.25) is 0 Å². The van der Waals surface area contributed by atoms with Crippen LogP contribution >= 0.6 is 11.8 Å². The van der Waals surface area contributed by atoms with Crippen molar-refractivity contribution in [2.24, 2.45) is 0 Å². The number of hydrogen-bond acceptors (Lipinski definition) is 5. The van der Waals surface area contributed by atoms with E-state index in [2.05, 4.69) is 9.46 Å². The maximum atomic E-state index is 12.2. The molecule has 7 heteroatoms. The molecule has 0 heterocycles. The molecular formula is C13H19NO4S2. The molecule has 1 rings (SSSR count). The molecule has 112 valence electrons. The summed E-state index contributed by atoms with van der Waals surface area (Å²) in [5, 5.41) is 0.369. The molecule has 0 bridgehead atoms. The molecule has 0 fully saturated rings. The Labute approximate surface area is 124 Å². The predicted octanol–water partition coefficient (Wildman–Crippen LogP) is 1.89. The molecule has 1 unspecified atom stereocenters. The molecule has 20 heavy (non-hydrogen) atoms. The van der Waals surface area contributed by atoms with Gasteiger partial charge in [0.2, 0.25) is 10.0 Å².